The van der Waals surface area contributed by atoms with Crippen LogP contribution in [0.25, 0.3) is 0 Å². The van der Waals surface area contributed by atoms with Crippen molar-refractivity contribution in [2.75, 3.05) is 5.73 Å². The molecule has 0 aliphatic heterocycles. The monoisotopic (exact) mass is 262 g/mol. The standard InChI is InChI=1S/C14H22N4O/c1-8(2)13-16-7-11(15)12(18-13)14(19)17-9(3)6-10-4-5-10/h7-10H,4-6,15H2,1-3H3,(H,17,19). The maximum absolute atomic E-state index is 12.2. The molecule has 1 aliphatic carbocycles. The highest BCUT2D eigenvalue weighted by atomic mass is 16.2. The highest BCUT2D eigenvalue weighted by molar-refractivity contribution is 5.97. The largest absolute Gasteiger partial charge is 0.396 e. The molecular weight excluding hydrogens is 240 g/mol. The van der Waals surface area contributed by atoms with E-state index in [0.717, 1.165) is 12.3 Å². The number of amides is 1. The number of nitrogens with one attached hydrogen (secondary N) is 1. The first-order valence-corrected chi connectivity index (χ1v) is 6.90. The number of rotatable bonds is 5. The van der Waals surface area contributed by atoms with Gasteiger partial charge in [0.25, 0.3) is 5.91 Å². The van der Waals surface area contributed by atoms with Crippen molar-refractivity contribution in [3.63, 3.8) is 0 Å². The Morgan fingerprint density at radius 1 is 1.47 bits per heavy atom. The summed E-state index contributed by atoms with van der Waals surface area (Å²) in [5, 5.41) is 2.97. The van der Waals surface area contributed by atoms with E-state index in [1.54, 1.807) is 0 Å². The lowest BCUT2D eigenvalue weighted by Crippen LogP contribution is -2.34. The number of hydrogen-bond acceptors (Lipinski definition) is 4. The number of carbonyl (C=O) groups excluding carboxylic acids is 1. The van der Waals surface area contributed by atoms with Gasteiger partial charge in [-0.25, -0.2) is 9.97 Å². The number of carbonyl (C=O) groups is 1. The third kappa shape index (κ3) is 3.66. The summed E-state index contributed by atoms with van der Waals surface area (Å²) in [6.07, 6.45) is 5.12. The number of hydrogen-bond donors (Lipinski definition) is 2. The van der Waals surface area contributed by atoms with Crippen LogP contribution in [0.1, 0.15) is 62.3 Å². The molecule has 1 aliphatic rings. The van der Waals surface area contributed by atoms with Crippen LogP contribution in [-0.2, 0) is 0 Å². The minimum absolute atomic E-state index is 0.164. The average molecular weight is 262 g/mol. The molecule has 1 fully saturated rings. The lowest BCUT2D eigenvalue weighted by molar-refractivity contribution is 0.0933. The third-order valence-electron chi connectivity index (χ3n) is 3.33. The van der Waals surface area contributed by atoms with Crippen molar-refractivity contribution in [3.8, 4) is 0 Å². The summed E-state index contributed by atoms with van der Waals surface area (Å²) >= 11 is 0. The molecule has 19 heavy (non-hydrogen) atoms. The van der Waals surface area contributed by atoms with Gasteiger partial charge in [0, 0.05) is 12.0 Å². The average Bonchev–Trinajstić information content (AvgIpc) is 3.12. The molecule has 1 unspecified atom stereocenters. The Balaban J connectivity index is 2.06. The third-order valence-corrected chi connectivity index (χ3v) is 3.33. The molecule has 1 aromatic heterocycles. The number of anilines is 1. The topological polar surface area (TPSA) is 80.9 Å². The van der Waals surface area contributed by atoms with Gasteiger partial charge in [0.1, 0.15) is 5.82 Å². The van der Waals surface area contributed by atoms with Gasteiger partial charge in [-0.05, 0) is 19.3 Å². The second-order valence-electron chi connectivity index (χ2n) is 5.74. The Labute approximate surface area is 114 Å². The van der Waals surface area contributed by atoms with E-state index in [-0.39, 0.29) is 17.9 Å². The number of aromatic nitrogens is 2. The lowest BCUT2D eigenvalue weighted by atomic mass is 10.1. The van der Waals surface area contributed by atoms with Gasteiger partial charge < -0.3 is 11.1 Å². The van der Waals surface area contributed by atoms with Crippen LogP contribution in [0.3, 0.4) is 0 Å². The van der Waals surface area contributed by atoms with Crippen LogP contribution in [0.4, 0.5) is 5.69 Å². The van der Waals surface area contributed by atoms with Crippen LogP contribution in [-0.4, -0.2) is 21.9 Å². The van der Waals surface area contributed by atoms with Gasteiger partial charge in [-0.15, -0.1) is 0 Å². The molecule has 1 heterocycles. The van der Waals surface area contributed by atoms with Crippen molar-refractivity contribution in [2.45, 2.75) is 52.0 Å². The van der Waals surface area contributed by atoms with Crippen molar-refractivity contribution in [2.24, 2.45) is 5.92 Å². The molecule has 0 spiro atoms. The SMILES string of the molecule is CC(CC1CC1)NC(=O)c1nc(C(C)C)ncc1N. The second-order valence-corrected chi connectivity index (χ2v) is 5.74. The fourth-order valence-corrected chi connectivity index (χ4v) is 2.07. The zero-order valence-electron chi connectivity index (χ0n) is 11.8. The highest BCUT2D eigenvalue weighted by Gasteiger charge is 2.25. The summed E-state index contributed by atoms with van der Waals surface area (Å²) in [6, 6.07) is 0.164. The van der Waals surface area contributed by atoms with Crippen molar-refractivity contribution in [1.29, 1.82) is 0 Å². The van der Waals surface area contributed by atoms with Crippen LogP contribution in [0, 0.1) is 5.92 Å². The van der Waals surface area contributed by atoms with Crippen LogP contribution < -0.4 is 11.1 Å². The van der Waals surface area contributed by atoms with E-state index in [4.69, 9.17) is 5.73 Å². The van der Waals surface area contributed by atoms with Gasteiger partial charge in [-0.1, -0.05) is 26.7 Å². The number of nitrogens with zero attached hydrogens (tertiary/aromatic N) is 2. The van der Waals surface area contributed by atoms with E-state index in [2.05, 4.69) is 15.3 Å². The van der Waals surface area contributed by atoms with E-state index in [1.165, 1.54) is 19.0 Å². The normalized spacial score (nSPS) is 16.4. The maximum Gasteiger partial charge on any atom is 0.272 e. The predicted molar refractivity (Wildman–Crippen MR) is 74.8 cm³/mol. The quantitative estimate of drug-likeness (QED) is 0.851. The molecule has 5 nitrogen and oxygen atoms in total. The first-order chi connectivity index (χ1) is 8.97. The summed E-state index contributed by atoms with van der Waals surface area (Å²) in [5.74, 6) is 1.41. The van der Waals surface area contributed by atoms with Crippen LogP contribution in [0.15, 0.2) is 6.20 Å². The number of nitrogens with two attached hydrogens (primary N) is 1. The van der Waals surface area contributed by atoms with Crippen molar-refractivity contribution in [1.82, 2.24) is 15.3 Å². The molecule has 1 saturated carbocycles. The van der Waals surface area contributed by atoms with E-state index in [9.17, 15) is 4.79 Å². The maximum atomic E-state index is 12.2. The fraction of sp³-hybridized carbons (Fsp3) is 0.643. The first-order valence-electron chi connectivity index (χ1n) is 6.90. The summed E-state index contributed by atoms with van der Waals surface area (Å²) < 4.78 is 0. The van der Waals surface area contributed by atoms with Crippen molar-refractivity contribution >= 4 is 11.6 Å². The number of nitrogen functional groups attached to an aromatic ring is 1. The molecule has 2 rings (SSSR count). The van der Waals surface area contributed by atoms with Crippen LogP contribution in [0.5, 0.6) is 0 Å². The van der Waals surface area contributed by atoms with E-state index in [1.807, 2.05) is 20.8 Å². The Morgan fingerprint density at radius 3 is 2.74 bits per heavy atom. The van der Waals surface area contributed by atoms with Gasteiger partial charge in [-0.2, -0.15) is 0 Å². The Morgan fingerprint density at radius 2 is 2.16 bits per heavy atom. The van der Waals surface area contributed by atoms with Crippen molar-refractivity contribution < 1.29 is 4.79 Å². The minimum Gasteiger partial charge on any atom is -0.396 e. The predicted octanol–water partition coefficient (Wildman–Crippen LogP) is 2.10. The molecule has 104 valence electrons. The molecule has 5 heteroatoms. The van der Waals surface area contributed by atoms with Gasteiger partial charge >= 0.3 is 0 Å². The molecule has 3 N–H and O–H groups in total. The van der Waals surface area contributed by atoms with Crippen LogP contribution in [0.2, 0.25) is 0 Å². The zero-order chi connectivity index (χ0) is 14.0. The van der Waals surface area contributed by atoms with Gasteiger partial charge in [0.15, 0.2) is 5.69 Å². The molecule has 1 atom stereocenters. The van der Waals surface area contributed by atoms with Crippen molar-refractivity contribution in [3.05, 3.63) is 17.7 Å². The summed E-state index contributed by atoms with van der Waals surface area (Å²) in [6.45, 7) is 6.00. The highest BCUT2D eigenvalue weighted by Crippen LogP contribution is 2.33. The van der Waals surface area contributed by atoms with Crippen LogP contribution >= 0.6 is 0 Å². The Bertz CT molecular complexity index is 469. The second kappa shape index (κ2) is 5.55. The zero-order valence-corrected chi connectivity index (χ0v) is 11.8. The van der Waals surface area contributed by atoms with Gasteiger partial charge in [-0.3, -0.25) is 4.79 Å². The van der Waals surface area contributed by atoms with E-state index >= 15 is 0 Å². The molecule has 0 bridgehead atoms. The first kappa shape index (κ1) is 13.8. The van der Waals surface area contributed by atoms with Gasteiger partial charge in [0.2, 0.25) is 0 Å². The Hall–Kier alpha value is -1.65. The lowest BCUT2D eigenvalue weighted by Gasteiger charge is -2.14. The smallest absolute Gasteiger partial charge is 0.272 e. The fourth-order valence-electron chi connectivity index (χ4n) is 2.07. The molecule has 1 amide bonds. The Kier molecular flexibility index (Phi) is 4.02. The summed E-state index contributed by atoms with van der Waals surface area (Å²) in [7, 11) is 0. The summed E-state index contributed by atoms with van der Waals surface area (Å²) in [5.41, 5.74) is 6.42. The molecular formula is C14H22N4O. The minimum atomic E-state index is -0.199. The molecule has 1 aromatic rings. The molecule has 0 aromatic carbocycles. The van der Waals surface area contributed by atoms with E-state index in [0.29, 0.717) is 17.2 Å². The summed E-state index contributed by atoms with van der Waals surface area (Å²) in [4.78, 5) is 20.6. The molecule has 0 radical (unpaired) electrons. The van der Waals surface area contributed by atoms with Gasteiger partial charge in [0.05, 0.1) is 11.9 Å². The molecule has 0 saturated heterocycles. The van der Waals surface area contributed by atoms with E-state index < -0.39 is 0 Å².